The van der Waals surface area contributed by atoms with Gasteiger partial charge in [0.25, 0.3) is 0 Å². The zero-order valence-corrected chi connectivity index (χ0v) is 16.7. The van der Waals surface area contributed by atoms with E-state index >= 15 is 0 Å². The molecule has 0 saturated carbocycles. The molecule has 0 aliphatic heterocycles. The van der Waals surface area contributed by atoms with Gasteiger partial charge in [-0.15, -0.1) is 0 Å². The minimum atomic E-state index is -0.790. The molecule has 10 heteroatoms. The van der Waals surface area contributed by atoms with Crippen LogP contribution in [0.15, 0.2) is 30.3 Å². The van der Waals surface area contributed by atoms with Crippen LogP contribution in [0.1, 0.15) is 25.1 Å². The van der Waals surface area contributed by atoms with Gasteiger partial charge in [0, 0.05) is 23.0 Å². The molecule has 154 valence electrons. The number of urea groups is 1. The fourth-order valence-electron chi connectivity index (χ4n) is 2.47. The normalized spacial score (nSPS) is 11.5. The number of hydrogen-bond donors (Lipinski definition) is 5. The van der Waals surface area contributed by atoms with Crippen molar-refractivity contribution in [1.82, 2.24) is 15.3 Å². The lowest BCUT2D eigenvalue weighted by Gasteiger charge is -2.19. The second-order valence-electron chi connectivity index (χ2n) is 6.68. The van der Waals surface area contributed by atoms with Gasteiger partial charge in [-0.05, 0) is 37.1 Å². The van der Waals surface area contributed by atoms with E-state index in [0.29, 0.717) is 17.1 Å². The topological polar surface area (TPSA) is 155 Å². The summed E-state index contributed by atoms with van der Waals surface area (Å²) >= 11 is 0. The molecule has 1 aromatic heterocycles. The summed E-state index contributed by atoms with van der Waals surface area (Å²) in [7, 11) is 1.27. The predicted octanol–water partition coefficient (Wildman–Crippen LogP) is 2.13. The molecular formula is C19H25N7O3. The predicted molar refractivity (Wildman–Crippen MR) is 110 cm³/mol. The Bertz CT molecular complexity index is 897. The van der Waals surface area contributed by atoms with Crippen molar-refractivity contribution >= 4 is 35.3 Å². The number of amidine groups is 1. The summed E-state index contributed by atoms with van der Waals surface area (Å²) in [6.07, 6.45) is 0. The van der Waals surface area contributed by atoms with Crippen molar-refractivity contribution in [1.29, 1.82) is 5.41 Å². The second kappa shape index (κ2) is 9.49. The molecule has 1 aromatic carbocycles. The van der Waals surface area contributed by atoms with Crippen molar-refractivity contribution in [2.75, 3.05) is 17.7 Å². The Hall–Kier alpha value is -3.69. The Morgan fingerprint density at radius 3 is 2.38 bits per heavy atom. The zero-order valence-electron chi connectivity index (χ0n) is 16.7. The van der Waals surface area contributed by atoms with E-state index in [1.54, 1.807) is 51.1 Å². The van der Waals surface area contributed by atoms with Crippen LogP contribution in [-0.4, -0.2) is 41.0 Å². The number of nitrogen functional groups attached to an aromatic ring is 1. The average molecular weight is 399 g/mol. The molecule has 2 rings (SSSR count). The molecule has 0 unspecified atom stereocenters. The first-order valence-corrected chi connectivity index (χ1v) is 8.92. The van der Waals surface area contributed by atoms with Crippen molar-refractivity contribution < 1.29 is 14.3 Å². The number of nitrogens with two attached hydrogens (primary N) is 1. The van der Waals surface area contributed by atoms with Gasteiger partial charge in [-0.3, -0.25) is 10.7 Å². The van der Waals surface area contributed by atoms with Gasteiger partial charge in [-0.1, -0.05) is 13.8 Å². The van der Waals surface area contributed by atoms with Crippen LogP contribution in [0.25, 0.3) is 0 Å². The molecule has 6 N–H and O–H groups in total. The Morgan fingerprint density at radius 1 is 1.17 bits per heavy atom. The summed E-state index contributed by atoms with van der Waals surface area (Å²) in [5, 5.41) is 15.6. The van der Waals surface area contributed by atoms with Gasteiger partial charge in [-0.2, -0.15) is 4.98 Å². The number of aromatic nitrogens is 2. The lowest BCUT2D eigenvalue weighted by Crippen LogP contribution is -2.46. The number of nitrogens with zero attached hydrogens (tertiary/aromatic N) is 2. The molecular weight excluding hydrogens is 374 g/mol. The van der Waals surface area contributed by atoms with Crippen LogP contribution in [0.5, 0.6) is 0 Å². The summed E-state index contributed by atoms with van der Waals surface area (Å²) in [6.45, 7) is 5.36. The van der Waals surface area contributed by atoms with E-state index in [1.165, 1.54) is 7.11 Å². The Labute approximate surface area is 168 Å². The SMILES string of the molecule is COC(=O)[C@H](NC(=O)Nc1nc(C)cc(Nc2ccc(C(=N)N)cc2)n1)C(C)C. The van der Waals surface area contributed by atoms with E-state index in [0.717, 1.165) is 5.69 Å². The quantitative estimate of drug-likeness (QED) is 0.271. The van der Waals surface area contributed by atoms with Crippen LogP contribution in [0, 0.1) is 18.3 Å². The molecule has 10 nitrogen and oxygen atoms in total. The van der Waals surface area contributed by atoms with Gasteiger partial charge in [0.05, 0.1) is 7.11 Å². The second-order valence-corrected chi connectivity index (χ2v) is 6.68. The van der Waals surface area contributed by atoms with Crippen molar-refractivity contribution in [3.8, 4) is 0 Å². The highest BCUT2D eigenvalue weighted by Crippen LogP contribution is 2.17. The molecule has 1 atom stereocenters. The molecule has 29 heavy (non-hydrogen) atoms. The summed E-state index contributed by atoms with van der Waals surface area (Å²) < 4.78 is 4.71. The summed E-state index contributed by atoms with van der Waals surface area (Å²) in [5.41, 5.74) is 7.42. The van der Waals surface area contributed by atoms with Gasteiger partial charge in [0.2, 0.25) is 5.95 Å². The van der Waals surface area contributed by atoms with E-state index < -0.39 is 18.0 Å². The number of ether oxygens (including phenoxy) is 1. The summed E-state index contributed by atoms with van der Waals surface area (Å²) in [6, 6.07) is 7.26. The maximum atomic E-state index is 12.3. The lowest BCUT2D eigenvalue weighted by atomic mass is 10.1. The first-order valence-electron chi connectivity index (χ1n) is 8.92. The number of nitrogens with one attached hydrogen (secondary N) is 4. The van der Waals surface area contributed by atoms with Crippen molar-refractivity contribution in [2.45, 2.75) is 26.8 Å². The summed E-state index contributed by atoms with van der Waals surface area (Å²) in [5.74, 6) is -0.147. The van der Waals surface area contributed by atoms with E-state index in [2.05, 4.69) is 25.9 Å². The third kappa shape index (κ3) is 6.16. The molecule has 2 aromatic rings. The van der Waals surface area contributed by atoms with Gasteiger partial charge >= 0.3 is 12.0 Å². The van der Waals surface area contributed by atoms with Crippen LogP contribution in [-0.2, 0) is 9.53 Å². The maximum absolute atomic E-state index is 12.3. The summed E-state index contributed by atoms with van der Waals surface area (Å²) in [4.78, 5) is 32.5. The van der Waals surface area contributed by atoms with Gasteiger partial charge in [0.15, 0.2) is 0 Å². The largest absolute Gasteiger partial charge is 0.467 e. The molecule has 2 amide bonds. The van der Waals surface area contributed by atoms with Crippen LogP contribution in [0.2, 0.25) is 0 Å². The van der Waals surface area contributed by atoms with Crippen LogP contribution >= 0.6 is 0 Å². The minimum Gasteiger partial charge on any atom is -0.467 e. The number of aryl methyl sites for hydroxylation is 1. The Morgan fingerprint density at radius 2 is 1.83 bits per heavy atom. The van der Waals surface area contributed by atoms with Crippen LogP contribution in [0.3, 0.4) is 0 Å². The smallest absolute Gasteiger partial charge is 0.328 e. The lowest BCUT2D eigenvalue weighted by molar-refractivity contribution is -0.143. The van der Waals surface area contributed by atoms with E-state index in [9.17, 15) is 9.59 Å². The average Bonchev–Trinajstić information content (AvgIpc) is 2.65. The highest BCUT2D eigenvalue weighted by molar-refractivity contribution is 5.95. The van der Waals surface area contributed by atoms with Crippen molar-refractivity contribution in [2.24, 2.45) is 11.7 Å². The number of esters is 1. The molecule has 0 aliphatic rings. The Balaban J connectivity index is 2.10. The highest BCUT2D eigenvalue weighted by Gasteiger charge is 2.25. The van der Waals surface area contributed by atoms with Gasteiger partial charge in [0.1, 0.15) is 17.7 Å². The molecule has 0 radical (unpaired) electrons. The Kier molecular flexibility index (Phi) is 7.07. The minimum absolute atomic E-state index is 0.0152. The van der Waals surface area contributed by atoms with E-state index in [4.69, 9.17) is 15.9 Å². The number of anilines is 3. The van der Waals surface area contributed by atoms with E-state index in [-0.39, 0.29) is 17.7 Å². The van der Waals surface area contributed by atoms with Crippen molar-refractivity contribution in [3.05, 3.63) is 41.6 Å². The number of carbonyl (C=O) groups is 2. The first kappa shape index (κ1) is 21.6. The van der Waals surface area contributed by atoms with Crippen LogP contribution in [0.4, 0.5) is 22.2 Å². The zero-order chi connectivity index (χ0) is 21.6. The van der Waals surface area contributed by atoms with E-state index in [1.807, 2.05) is 0 Å². The molecule has 0 fully saturated rings. The number of rotatable bonds is 7. The number of amides is 2. The third-order valence-electron chi connectivity index (χ3n) is 3.96. The highest BCUT2D eigenvalue weighted by atomic mass is 16.5. The molecule has 0 spiro atoms. The monoisotopic (exact) mass is 399 g/mol. The fourth-order valence-corrected chi connectivity index (χ4v) is 2.47. The first-order chi connectivity index (χ1) is 13.7. The third-order valence-corrected chi connectivity index (χ3v) is 3.96. The van der Waals surface area contributed by atoms with Crippen LogP contribution < -0.4 is 21.7 Å². The molecule has 0 saturated heterocycles. The number of carbonyl (C=O) groups excluding carboxylic acids is 2. The maximum Gasteiger partial charge on any atom is 0.328 e. The van der Waals surface area contributed by atoms with Crippen molar-refractivity contribution in [3.63, 3.8) is 0 Å². The van der Waals surface area contributed by atoms with Gasteiger partial charge in [-0.25, -0.2) is 14.6 Å². The molecule has 0 aliphatic carbocycles. The number of hydrogen-bond acceptors (Lipinski definition) is 7. The fraction of sp³-hybridized carbons (Fsp3) is 0.316. The number of methoxy groups -OCH3 is 1. The number of benzene rings is 1. The molecule has 1 heterocycles. The van der Waals surface area contributed by atoms with Gasteiger partial charge < -0.3 is 21.1 Å². The standard InChI is InChI=1S/C19H25N7O3/c1-10(2)15(17(27)29-4)25-19(28)26-18-22-11(3)9-14(24-18)23-13-7-5-12(6-8-13)16(20)21/h5-10,15H,1-4H3,(H3,20,21)(H3,22,23,24,25,26,28)/t15-/m1/s1. The molecule has 0 bridgehead atoms.